The van der Waals surface area contributed by atoms with Crippen molar-refractivity contribution in [2.75, 3.05) is 25.1 Å². The Kier molecular flexibility index (Phi) is 7.02. The second-order valence-corrected chi connectivity index (χ2v) is 3.99. The summed E-state index contributed by atoms with van der Waals surface area (Å²) in [4.78, 5) is 0. The van der Waals surface area contributed by atoms with E-state index >= 15 is 0 Å². The summed E-state index contributed by atoms with van der Waals surface area (Å²) in [7, 11) is 0. The van der Waals surface area contributed by atoms with E-state index in [1.54, 1.807) is 0 Å². The monoisotopic (exact) mass is 241 g/mol. The third-order valence-electron chi connectivity index (χ3n) is 2.30. The summed E-state index contributed by atoms with van der Waals surface area (Å²) in [5.74, 6) is 0.558. The molecule has 1 aromatic rings. The number of ether oxygens (including phenoxy) is 1. The van der Waals surface area contributed by atoms with Gasteiger partial charge in [0.05, 0.1) is 6.61 Å². The van der Waals surface area contributed by atoms with E-state index in [0.29, 0.717) is 5.88 Å². The van der Waals surface area contributed by atoms with Crippen LogP contribution in [0.15, 0.2) is 24.3 Å². The molecule has 1 aromatic carbocycles. The second-order valence-electron chi connectivity index (χ2n) is 3.73. The number of unbranched alkanes of at least 4 members (excludes halogenated alkanes) is 1. The lowest BCUT2D eigenvalue weighted by Gasteiger charge is -2.08. The number of nitrogens with one attached hydrogen (secondary N) is 1. The SMILES string of the molecule is CCCCOCCNc1cccc(CCl)c1. The molecule has 1 rings (SSSR count). The number of rotatable bonds is 8. The molecule has 0 aliphatic rings. The van der Waals surface area contributed by atoms with Crippen molar-refractivity contribution < 1.29 is 4.74 Å². The molecule has 2 nitrogen and oxygen atoms in total. The molecule has 1 N–H and O–H groups in total. The van der Waals surface area contributed by atoms with Crippen LogP contribution in [0.3, 0.4) is 0 Å². The van der Waals surface area contributed by atoms with Gasteiger partial charge in [0.25, 0.3) is 0 Å². The van der Waals surface area contributed by atoms with Gasteiger partial charge in [0.2, 0.25) is 0 Å². The lowest BCUT2D eigenvalue weighted by atomic mass is 10.2. The molecule has 0 radical (unpaired) electrons. The van der Waals surface area contributed by atoms with E-state index in [0.717, 1.165) is 37.4 Å². The molecule has 0 bridgehead atoms. The van der Waals surface area contributed by atoms with Crippen LogP contribution >= 0.6 is 11.6 Å². The zero-order chi connectivity index (χ0) is 11.6. The molecule has 0 heterocycles. The van der Waals surface area contributed by atoms with Crippen LogP contribution in [0.4, 0.5) is 5.69 Å². The van der Waals surface area contributed by atoms with E-state index in [9.17, 15) is 0 Å². The Balaban J connectivity index is 2.16. The summed E-state index contributed by atoms with van der Waals surface area (Å²) in [6.07, 6.45) is 2.33. The summed E-state index contributed by atoms with van der Waals surface area (Å²) in [5.41, 5.74) is 2.25. The molecule has 0 aliphatic carbocycles. The first-order valence-electron chi connectivity index (χ1n) is 5.83. The number of alkyl halides is 1. The van der Waals surface area contributed by atoms with E-state index in [-0.39, 0.29) is 0 Å². The highest BCUT2D eigenvalue weighted by molar-refractivity contribution is 6.17. The molecular weight excluding hydrogens is 222 g/mol. The third-order valence-corrected chi connectivity index (χ3v) is 2.61. The van der Waals surface area contributed by atoms with Crippen LogP contribution in [0.5, 0.6) is 0 Å². The van der Waals surface area contributed by atoms with Gasteiger partial charge < -0.3 is 10.1 Å². The van der Waals surface area contributed by atoms with Gasteiger partial charge in [-0.25, -0.2) is 0 Å². The average molecular weight is 242 g/mol. The van der Waals surface area contributed by atoms with Crippen molar-refractivity contribution in [3.8, 4) is 0 Å². The Bertz CT molecular complexity index is 291. The molecule has 0 spiro atoms. The standard InChI is InChI=1S/C13H20ClNO/c1-2-3-8-16-9-7-15-13-6-4-5-12(10-13)11-14/h4-6,10,15H,2-3,7-9,11H2,1H3. The maximum Gasteiger partial charge on any atom is 0.0639 e. The van der Waals surface area contributed by atoms with Crippen molar-refractivity contribution in [1.82, 2.24) is 0 Å². The van der Waals surface area contributed by atoms with Gasteiger partial charge in [-0.2, -0.15) is 0 Å². The van der Waals surface area contributed by atoms with Crippen molar-refractivity contribution in [1.29, 1.82) is 0 Å². The number of anilines is 1. The first-order chi connectivity index (χ1) is 7.86. The fraction of sp³-hybridized carbons (Fsp3) is 0.538. The van der Waals surface area contributed by atoms with Crippen LogP contribution < -0.4 is 5.32 Å². The molecule has 0 unspecified atom stereocenters. The predicted molar refractivity (Wildman–Crippen MR) is 70.2 cm³/mol. The number of benzene rings is 1. The van der Waals surface area contributed by atoms with Gasteiger partial charge in [-0.1, -0.05) is 25.5 Å². The van der Waals surface area contributed by atoms with Gasteiger partial charge in [0.15, 0.2) is 0 Å². The molecule has 16 heavy (non-hydrogen) atoms. The zero-order valence-corrected chi connectivity index (χ0v) is 10.6. The number of hydrogen-bond donors (Lipinski definition) is 1. The molecule has 3 heteroatoms. The first kappa shape index (κ1) is 13.3. The lowest BCUT2D eigenvalue weighted by molar-refractivity contribution is 0.141. The van der Waals surface area contributed by atoms with Gasteiger partial charge in [0, 0.05) is 24.7 Å². The highest BCUT2D eigenvalue weighted by Gasteiger charge is 1.94. The quantitative estimate of drug-likeness (QED) is 0.554. The molecular formula is C13H20ClNO. The van der Waals surface area contributed by atoms with Gasteiger partial charge >= 0.3 is 0 Å². The normalized spacial score (nSPS) is 10.4. The predicted octanol–water partition coefficient (Wildman–Crippen LogP) is 3.65. The number of hydrogen-bond acceptors (Lipinski definition) is 2. The van der Waals surface area contributed by atoms with E-state index < -0.39 is 0 Å². The van der Waals surface area contributed by atoms with E-state index in [4.69, 9.17) is 16.3 Å². The Hall–Kier alpha value is -0.730. The lowest BCUT2D eigenvalue weighted by Crippen LogP contribution is -2.10. The maximum atomic E-state index is 5.76. The zero-order valence-electron chi connectivity index (χ0n) is 9.84. The van der Waals surface area contributed by atoms with E-state index in [1.165, 1.54) is 6.42 Å². The summed E-state index contributed by atoms with van der Waals surface area (Å²) >= 11 is 5.76. The maximum absolute atomic E-state index is 5.76. The van der Waals surface area contributed by atoms with Crippen molar-refractivity contribution in [3.05, 3.63) is 29.8 Å². The van der Waals surface area contributed by atoms with Gasteiger partial charge in [0.1, 0.15) is 0 Å². The van der Waals surface area contributed by atoms with Crippen LogP contribution in [0.25, 0.3) is 0 Å². The number of halogens is 1. The van der Waals surface area contributed by atoms with Crippen LogP contribution in [0.2, 0.25) is 0 Å². The highest BCUT2D eigenvalue weighted by Crippen LogP contribution is 2.11. The topological polar surface area (TPSA) is 21.3 Å². The fourth-order valence-electron chi connectivity index (χ4n) is 1.38. The Morgan fingerprint density at radius 3 is 2.94 bits per heavy atom. The van der Waals surface area contributed by atoms with Crippen LogP contribution in [0, 0.1) is 0 Å². The summed E-state index contributed by atoms with van der Waals surface area (Å²) < 4.78 is 5.46. The molecule has 90 valence electrons. The summed E-state index contributed by atoms with van der Waals surface area (Å²) in [6.45, 7) is 4.62. The van der Waals surface area contributed by atoms with Gasteiger partial charge in [-0.05, 0) is 24.1 Å². The van der Waals surface area contributed by atoms with E-state index in [1.807, 2.05) is 18.2 Å². The van der Waals surface area contributed by atoms with Crippen molar-refractivity contribution >= 4 is 17.3 Å². The average Bonchev–Trinajstić information content (AvgIpc) is 2.34. The summed E-state index contributed by atoms with van der Waals surface area (Å²) in [6, 6.07) is 8.15. The highest BCUT2D eigenvalue weighted by atomic mass is 35.5. The summed E-state index contributed by atoms with van der Waals surface area (Å²) in [5, 5.41) is 3.31. The fourth-order valence-corrected chi connectivity index (χ4v) is 1.55. The molecule has 0 fully saturated rings. The minimum absolute atomic E-state index is 0.558. The minimum atomic E-state index is 0.558. The Morgan fingerprint density at radius 2 is 2.19 bits per heavy atom. The van der Waals surface area contributed by atoms with E-state index in [2.05, 4.69) is 18.3 Å². The molecule has 0 aromatic heterocycles. The third kappa shape index (κ3) is 5.38. The Labute approximate surface area is 103 Å². The van der Waals surface area contributed by atoms with Crippen LogP contribution in [-0.4, -0.2) is 19.8 Å². The van der Waals surface area contributed by atoms with Crippen molar-refractivity contribution in [2.45, 2.75) is 25.6 Å². The molecule has 0 aliphatic heterocycles. The molecule has 0 atom stereocenters. The van der Waals surface area contributed by atoms with Gasteiger partial charge in [-0.15, -0.1) is 11.6 Å². The largest absolute Gasteiger partial charge is 0.383 e. The second kappa shape index (κ2) is 8.43. The molecule has 0 amide bonds. The van der Waals surface area contributed by atoms with Crippen molar-refractivity contribution in [3.63, 3.8) is 0 Å². The smallest absolute Gasteiger partial charge is 0.0639 e. The van der Waals surface area contributed by atoms with Crippen LogP contribution in [0.1, 0.15) is 25.3 Å². The van der Waals surface area contributed by atoms with Gasteiger partial charge in [-0.3, -0.25) is 0 Å². The molecule has 0 saturated heterocycles. The minimum Gasteiger partial charge on any atom is -0.383 e. The molecule has 0 saturated carbocycles. The van der Waals surface area contributed by atoms with Crippen molar-refractivity contribution in [2.24, 2.45) is 0 Å². The Morgan fingerprint density at radius 1 is 1.31 bits per heavy atom. The van der Waals surface area contributed by atoms with Crippen LogP contribution in [-0.2, 0) is 10.6 Å². The first-order valence-corrected chi connectivity index (χ1v) is 6.36.